The van der Waals surface area contributed by atoms with Crippen molar-refractivity contribution in [1.82, 2.24) is 0 Å². The van der Waals surface area contributed by atoms with Gasteiger partial charge in [-0.2, -0.15) is 0 Å². The number of benzene rings is 1. The molecule has 7 heteroatoms. The quantitative estimate of drug-likeness (QED) is 0.575. The van der Waals surface area contributed by atoms with Crippen molar-refractivity contribution in [1.29, 1.82) is 0 Å². The molecule has 7 nitrogen and oxygen atoms in total. The third-order valence-corrected chi connectivity index (χ3v) is 5.06. The lowest BCUT2D eigenvalue weighted by atomic mass is 9.82. The number of hydrogen-bond acceptors (Lipinski definition) is 7. The van der Waals surface area contributed by atoms with E-state index >= 15 is 0 Å². The molecule has 0 spiro atoms. The number of rotatable bonds is 8. The summed E-state index contributed by atoms with van der Waals surface area (Å²) in [6.07, 6.45) is 1.55. The van der Waals surface area contributed by atoms with E-state index in [0.717, 1.165) is 5.56 Å². The van der Waals surface area contributed by atoms with E-state index in [-0.39, 0.29) is 43.7 Å². The Labute approximate surface area is 166 Å². The van der Waals surface area contributed by atoms with Gasteiger partial charge in [-0.3, -0.25) is 9.59 Å². The van der Waals surface area contributed by atoms with Crippen LogP contribution >= 0.6 is 0 Å². The highest BCUT2D eigenvalue weighted by atomic mass is 16.5. The number of methoxy groups -OCH3 is 1. The van der Waals surface area contributed by atoms with Crippen LogP contribution in [0.3, 0.4) is 0 Å². The molecule has 0 aromatic heterocycles. The van der Waals surface area contributed by atoms with Crippen LogP contribution < -0.4 is 9.47 Å². The molecule has 1 aliphatic carbocycles. The first-order valence-electron chi connectivity index (χ1n) is 9.55. The van der Waals surface area contributed by atoms with E-state index in [2.05, 4.69) is 0 Å². The maximum atomic E-state index is 11.5. The molecule has 0 amide bonds. The van der Waals surface area contributed by atoms with Crippen LogP contribution in [-0.2, 0) is 9.59 Å². The van der Waals surface area contributed by atoms with Crippen LogP contribution in [0.4, 0.5) is 0 Å². The minimum absolute atomic E-state index is 0.0232. The van der Waals surface area contributed by atoms with E-state index in [0.29, 0.717) is 37.4 Å². The standard InChI is InChI=1S/C15H18O4.C6H14O3/c1-3-19-15-8-10(4-5-14(15)18-2)11-6-12(16)9-13(17)7-11;1-2-6(3-7,4-8)5-9/h4-5,8,11H,3,6-7,9H2,1-2H3;7-9H,2-5H2,1H3. The number of aliphatic hydroxyl groups is 3. The van der Waals surface area contributed by atoms with Crippen LogP contribution in [0, 0.1) is 5.41 Å². The molecule has 0 heterocycles. The molecule has 0 unspecified atom stereocenters. The Kier molecular flexibility index (Phi) is 10.1. The molecule has 2 rings (SSSR count). The second kappa shape index (κ2) is 11.8. The second-order valence-electron chi connectivity index (χ2n) is 7.03. The topological polar surface area (TPSA) is 113 Å². The lowest BCUT2D eigenvalue weighted by Crippen LogP contribution is -2.32. The van der Waals surface area contributed by atoms with E-state index < -0.39 is 5.41 Å². The summed E-state index contributed by atoms with van der Waals surface area (Å²) in [6, 6.07) is 5.60. The Morgan fingerprint density at radius 3 is 1.96 bits per heavy atom. The molecule has 158 valence electrons. The monoisotopic (exact) mass is 396 g/mol. The molecule has 0 atom stereocenters. The predicted molar refractivity (Wildman–Crippen MR) is 105 cm³/mol. The molecule has 1 fully saturated rings. The summed E-state index contributed by atoms with van der Waals surface area (Å²) in [5.41, 5.74) is 0.297. The molecule has 0 bridgehead atoms. The lowest BCUT2D eigenvalue weighted by molar-refractivity contribution is -0.130. The number of aliphatic hydroxyl groups excluding tert-OH is 3. The van der Waals surface area contributed by atoms with Gasteiger partial charge in [0.05, 0.1) is 40.0 Å². The van der Waals surface area contributed by atoms with E-state index in [1.54, 1.807) is 7.11 Å². The number of hydrogen-bond donors (Lipinski definition) is 3. The summed E-state index contributed by atoms with van der Waals surface area (Å²) in [5.74, 6) is 1.34. The number of carbonyl (C=O) groups excluding carboxylic acids is 2. The predicted octanol–water partition coefficient (Wildman–Crippen LogP) is 1.86. The smallest absolute Gasteiger partial charge is 0.161 e. The lowest BCUT2D eigenvalue weighted by Gasteiger charge is -2.24. The van der Waals surface area contributed by atoms with Crippen LogP contribution in [0.1, 0.15) is 51.0 Å². The van der Waals surface area contributed by atoms with Crippen LogP contribution in [-0.4, -0.2) is 60.4 Å². The Bertz CT molecular complexity index is 604. The average molecular weight is 396 g/mol. The van der Waals surface area contributed by atoms with Gasteiger partial charge >= 0.3 is 0 Å². The summed E-state index contributed by atoms with van der Waals surface area (Å²) in [5, 5.41) is 26.0. The Hall–Kier alpha value is -1.96. The highest BCUT2D eigenvalue weighted by Gasteiger charge is 2.27. The molecule has 28 heavy (non-hydrogen) atoms. The van der Waals surface area contributed by atoms with Gasteiger partial charge in [0.15, 0.2) is 11.5 Å². The van der Waals surface area contributed by atoms with Gasteiger partial charge in [0.1, 0.15) is 11.6 Å². The van der Waals surface area contributed by atoms with Crippen molar-refractivity contribution in [2.45, 2.75) is 45.4 Å². The van der Waals surface area contributed by atoms with E-state index in [4.69, 9.17) is 24.8 Å². The highest BCUT2D eigenvalue weighted by Crippen LogP contribution is 2.35. The molecule has 3 N–H and O–H groups in total. The number of carbonyl (C=O) groups is 2. The number of ketones is 2. The summed E-state index contributed by atoms with van der Waals surface area (Å²) >= 11 is 0. The Morgan fingerprint density at radius 2 is 1.57 bits per heavy atom. The molecule has 0 saturated heterocycles. The molecule has 0 radical (unpaired) electrons. The van der Waals surface area contributed by atoms with Crippen molar-refractivity contribution >= 4 is 11.6 Å². The number of ether oxygens (including phenoxy) is 2. The van der Waals surface area contributed by atoms with Crippen molar-refractivity contribution in [2.24, 2.45) is 5.41 Å². The van der Waals surface area contributed by atoms with Gasteiger partial charge in [-0.05, 0) is 37.0 Å². The van der Waals surface area contributed by atoms with Crippen molar-refractivity contribution in [3.05, 3.63) is 23.8 Å². The molecule has 1 aliphatic rings. The van der Waals surface area contributed by atoms with Gasteiger partial charge in [0.25, 0.3) is 0 Å². The van der Waals surface area contributed by atoms with Crippen molar-refractivity contribution in [3.63, 3.8) is 0 Å². The highest BCUT2D eigenvalue weighted by molar-refractivity contribution is 6.02. The maximum absolute atomic E-state index is 11.5. The fraction of sp³-hybridized carbons (Fsp3) is 0.619. The van der Waals surface area contributed by atoms with Crippen LogP contribution in [0.25, 0.3) is 0 Å². The molecule has 0 aliphatic heterocycles. The van der Waals surface area contributed by atoms with E-state index in [1.165, 1.54) is 0 Å². The zero-order valence-corrected chi connectivity index (χ0v) is 16.9. The molecular formula is C21H32O7. The first kappa shape index (κ1) is 24.1. The minimum Gasteiger partial charge on any atom is -0.493 e. The van der Waals surface area contributed by atoms with Gasteiger partial charge in [-0.1, -0.05) is 13.0 Å². The first-order chi connectivity index (χ1) is 13.4. The first-order valence-corrected chi connectivity index (χ1v) is 9.55. The summed E-state index contributed by atoms with van der Waals surface area (Å²) in [6.45, 7) is 3.80. The van der Waals surface area contributed by atoms with Crippen molar-refractivity contribution in [3.8, 4) is 11.5 Å². The van der Waals surface area contributed by atoms with Crippen LogP contribution in [0.15, 0.2) is 18.2 Å². The summed E-state index contributed by atoms with van der Waals surface area (Å²) in [4.78, 5) is 23.0. The van der Waals surface area contributed by atoms with Crippen molar-refractivity contribution in [2.75, 3.05) is 33.5 Å². The van der Waals surface area contributed by atoms with Gasteiger partial charge < -0.3 is 24.8 Å². The second-order valence-corrected chi connectivity index (χ2v) is 7.03. The molecule has 1 aromatic carbocycles. The fourth-order valence-electron chi connectivity index (χ4n) is 2.92. The average Bonchev–Trinajstić information content (AvgIpc) is 2.70. The zero-order valence-electron chi connectivity index (χ0n) is 16.9. The van der Waals surface area contributed by atoms with Gasteiger partial charge in [-0.15, -0.1) is 0 Å². The summed E-state index contributed by atoms with van der Waals surface area (Å²) in [7, 11) is 1.59. The van der Waals surface area contributed by atoms with Gasteiger partial charge in [0, 0.05) is 18.3 Å². The minimum atomic E-state index is -0.667. The summed E-state index contributed by atoms with van der Waals surface area (Å²) < 4.78 is 10.7. The third-order valence-electron chi connectivity index (χ3n) is 5.06. The van der Waals surface area contributed by atoms with E-state index in [9.17, 15) is 9.59 Å². The SMILES string of the molecule is CCC(CO)(CO)CO.CCOc1cc(C2CC(=O)CC(=O)C2)ccc1OC. The maximum Gasteiger partial charge on any atom is 0.161 e. The number of Topliss-reactive ketones (excluding diaryl/α,β-unsaturated/α-hetero) is 2. The van der Waals surface area contributed by atoms with Crippen LogP contribution in [0.2, 0.25) is 0 Å². The largest absolute Gasteiger partial charge is 0.493 e. The van der Waals surface area contributed by atoms with Crippen LogP contribution in [0.5, 0.6) is 11.5 Å². The van der Waals surface area contributed by atoms with Crippen molar-refractivity contribution < 1.29 is 34.4 Å². The normalized spacial score (nSPS) is 15.1. The van der Waals surface area contributed by atoms with Gasteiger partial charge in [0.2, 0.25) is 0 Å². The van der Waals surface area contributed by atoms with Gasteiger partial charge in [-0.25, -0.2) is 0 Å². The fourth-order valence-corrected chi connectivity index (χ4v) is 2.92. The Balaban J connectivity index is 0.000000370. The molecule has 1 aromatic rings. The molecular weight excluding hydrogens is 364 g/mol. The zero-order chi connectivity index (χ0) is 21.2. The molecule has 1 saturated carbocycles. The van der Waals surface area contributed by atoms with E-state index in [1.807, 2.05) is 32.0 Å². The third kappa shape index (κ3) is 6.58. The Morgan fingerprint density at radius 1 is 1.00 bits per heavy atom.